The van der Waals surface area contributed by atoms with Crippen LogP contribution in [0.3, 0.4) is 0 Å². The van der Waals surface area contributed by atoms with Gasteiger partial charge < -0.3 is 11.1 Å². The van der Waals surface area contributed by atoms with Crippen LogP contribution in [0.15, 0.2) is 23.6 Å². The lowest BCUT2D eigenvalue weighted by Gasteiger charge is -2.13. The standard InChI is InChI=1S/C14H14ClN3OS/c15-10-3-1-2-9-8(10)4-5-11(9)18-14(19)12-7-20-13(6-16)17-12/h1-3,7,11H,4-6,16H2,(H,18,19). The monoisotopic (exact) mass is 307 g/mol. The van der Waals surface area contributed by atoms with Gasteiger partial charge in [0.25, 0.3) is 5.91 Å². The molecular formula is C14H14ClN3OS. The van der Waals surface area contributed by atoms with Gasteiger partial charge in [0.2, 0.25) is 0 Å². The summed E-state index contributed by atoms with van der Waals surface area (Å²) < 4.78 is 0. The molecule has 1 amide bonds. The van der Waals surface area contributed by atoms with E-state index in [0.29, 0.717) is 12.2 Å². The second-order valence-corrected chi connectivity index (χ2v) is 6.05. The van der Waals surface area contributed by atoms with Gasteiger partial charge in [-0.2, -0.15) is 0 Å². The van der Waals surface area contributed by atoms with Crippen molar-refractivity contribution in [3.63, 3.8) is 0 Å². The highest BCUT2D eigenvalue weighted by atomic mass is 35.5. The summed E-state index contributed by atoms with van der Waals surface area (Å²) in [5.41, 5.74) is 8.19. The molecule has 4 nitrogen and oxygen atoms in total. The van der Waals surface area contributed by atoms with Crippen molar-refractivity contribution in [3.8, 4) is 0 Å². The number of fused-ring (bicyclic) bond motifs is 1. The number of carbonyl (C=O) groups is 1. The van der Waals surface area contributed by atoms with Crippen molar-refractivity contribution < 1.29 is 4.79 Å². The lowest BCUT2D eigenvalue weighted by atomic mass is 10.1. The van der Waals surface area contributed by atoms with Gasteiger partial charge in [-0.05, 0) is 30.0 Å². The normalized spacial score (nSPS) is 17.0. The summed E-state index contributed by atoms with van der Waals surface area (Å²) in [6.07, 6.45) is 1.77. The summed E-state index contributed by atoms with van der Waals surface area (Å²) in [5, 5.41) is 6.31. The van der Waals surface area contributed by atoms with E-state index in [2.05, 4.69) is 10.3 Å². The average Bonchev–Trinajstić information content (AvgIpc) is 3.07. The first-order chi connectivity index (χ1) is 9.69. The lowest BCUT2D eigenvalue weighted by Crippen LogP contribution is -2.27. The second kappa shape index (κ2) is 5.52. The molecule has 0 saturated carbocycles. The van der Waals surface area contributed by atoms with Crippen molar-refractivity contribution in [1.82, 2.24) is 10.3 Å². The van der Waals surface area contributed by atoms with Crippen molar-refractivity contribution >= 4 is 28.8 Å². The third-order valence-electron chi connectivity index (χ3n) is 3.48. The number of carbonyl (C=O) groups excluding carboxylic acids is 1. The van der Waals surface area contributed by atoms with Gasteiger partial charge in [0, 0.05) is 16.9 Å². The summed E-state index contributed by atoms with van der Waals surface area (Å²) in [5.74, 6) is -0.154. The number of benzene rings is 1. The van der Waals surface area contributed by atoms with E-state index in [1.54, 1.807) is 5.38 Å². The number of nitrogens with one attached hydrogen (secondary N) is 1. The van der Waals surface area contributed by atoms with Crippen LogP contribution in [0.2, 0.25) is 5.02 Å². The van der Waals surface area contributed by atoms with E-state index in [-0.39, 0.29) is 11.9 Å². The van der Waals surface area contributed by atoms with Crippen LogP contribution in [0, 0.1) is 0 Å². The molecule has 1 atom stereocenters. The summed E-state index contributed by atoms with van der Waals surface area (Å²) >= 11 is 7.58. The molecule has 0 spiro atoms. The Balaban J connectivity index is 1.77. The third-order valence-corrected chi connectivity index (χ3v) is 4.70. The molecule has 1 aromatic carbocycles. The first-order valence-electron chi connectivity index (χ1n) is 6.41. The quantitative estimate of drug-likeness (QED) is 0.916. The Bertz CT molecular complexity index is 656. The number of aromatic nitrogens is 1. The van der Waals surface area contributed by atoms with Crippen molar-refractivity contribution in [2.45, 2.75) is 25.4 Å². The van der Waals surface area contributed by atoms with Crippen LogP contribution < -0.4 is 11.1 Å². The molecular weight excluding hydrogens is 294 g/mol. The Labute approximate surface area is 126 Å². The maximum absolute atomic E-state index is 12.2. The first kappa shape index (κ1) is 13.5. The van der Waals surface area contributed by atoms with Gasteiger partial charge in [-0.1, -0.05) is 23.7 Å². The van der Waals surface area contributed by atoms with Gasteiger partial charge in [-0.3, -0.25) is 4.79 Å². The Morgan fingerprint density at radius 1 is 1.55 bits per heavy atom. The van der Waals surface area contributed by atoms with Crippen molar-refractivity contribution in [2.75, 3.05) is 0 Å². The minimum Gasteiger partial charge on any atom is -0.344 e. The number of nitrogens with two attached hydrogens (primary N) is 1. The van der Waals surface area contributed by atoms with Crippen LogP contribution in [0.1, 0.15) is 39.1 Å². The molecule has 0 radical (unpaired) electrons. The maximum Gasteiger partial charge on any atom is 0.271 e. The van der Waals surface area contributed by atoms with Crippen molar-refractivity contribution in [1.29, 1.82) is 0 Å². The van der Waals surface area contributed by atoms with Gasteiger partial charge in [0.15, 0.2) is 0 Å². The van der Waals surface area contributed by atoms with E-state index in [1.165, 1.54) is 11.3 Å². The molecule has 3 N–H and O–H groups in total. The zero-order valence-electron chi connectivity index (χ0n) is 10.7. The van der Waals surface area contributed by atoms with Gasteiger partial charge in [0.05, 0.1) is 6.04 Å². The summed E-state index contributed by atoms with van der Waals surface area (Å²) in [6.45, 7) is 0.361. The highest BCUT2D eigenvalue weighted by molar-refractivity contribution is 7.09. The molecule has 1 unspecified atom stereocenters. The van der Waals surface area contributed by atoms with E-state index in [9.17, 15) is 4.79 Å². The molecule has 0 fully saturated rings. The minimum absolute atomic E-state index is 0.0132. The van der Waals surface area contributed by atoms with Gasteiger partial charge in [-0.25, -0.2) is 4.98 Å². The van der Waals surface area contributed by atoms with Gasteiger partial charge in [-0.15, -0.1) is 11.3 Å². The Morgan fingerprint density at radius 3 is 3.15 bits per heavy atom. The fraction of sp³-hybridized carbons (Fsp3) is 0.286. The highest BCUT2D eigenvalue weighted by Crippen LogP contribution is 2.35. The predicted octanol–water partition coefficient (Wildman–Crippen LogP) is 2.67. The molecule has 20 heavy (non-hydrogen) atoms. The highest BCUT2D eigenvalue weighted by Gasteiger charge is 2.26. The van der Waals surface area contributed by atoms with E-state index in [4.69, 9.17) is 17.3 Å². The van der Waals surface area contributed by atoms with Gasteiger partial charge in [0.1, 0.15) is 10.7 Å². The number of amides is 1. The molecule has 1 aromatic heterocycles. The average molecular weight is 308 g/mol. The first-order valence-corrected chi connectivity index (χ1v) is 7.67. The van der Waals surface area contributed by atoms with E-state index < -0.39 is 0 Å². The predicted molar refractivity (Wildman–Crippen MR) is 80.0 cm³/mol. The van der Waals surface area contributed by atoms with Crippen LogP contribution in [-0.4, -0.2) is 10.9 Å². The van der Waals surface area contributed by atoms with Crippen LogP contribution in [0.5, 0.6) is 0 Å². The molecule has 104 valence electrons. The largest absolute Gasteiger partial charge is 0.344 e. The number of halogens is 1. The lowest BCUT2D eigenvalue weighted by molar-refractivity contribution is 0.0932. The minimum atomic E-state index is -0.154. The van der Waals surface area contributed by atoms with Crippen molar-refractivity contribution in [2.24, 2.45) is 5.73 Å². The van der Waals surface area contributed by atoms with Crippen LogP contribution in [0.25, 0.3) is 0 Å². The van der Waals surface area contributed by atoms with E-state index >= 15 is 0 Å². The molecule has 0 aliphatic heterocycles. The fourth-order valence-corrected chi connectivity index (χ4v) is 3.43. The van der Waals surface area contributed by atoms with Crippen LogP contribution >= 0.6 is 22.9 Å². The molecule has 1 aliphatic rings. The zero-order chi connectivity index (χ0) is 14.1. The molecule has 2 aromatic rings. The number of hydrogen-bond acceptors (Lipinski definition) is 4. The number of hydrogen-bond donors (Lipinski definition) is 2. The number of thiazole rings is 1. The molecule has 0 bridgehead atoms. The maximum atomic E-state index is 12.2. The number of rotatable bonds is 3. The number of nitrogens with zero attached hydrogens (tertiary/aromatic N) is 1. The summed E-state index contributed by atoms with van der Waals surface area (Å²) in [7, 11) is 0. The molecule has 3 rings (SSSR count). The zero-order valence-corrected chi connectivity index (χ0v) is 12.3. The smallest absolute Gasteiger partial charge is 0.271 e. The fourth-order valence-electron chi connectivity index (χ4n) is 2.50. The molecule has 1 aliphatic carbocycles. The Morgan fingerprint density at radius 2 is 2.40 bits per heavy atom. The van der Waals surface area contributed by atoms with Gasteiger partial charge >= 0.3 is 0 Å². The third kappa shape index (κ3) is 2.44. The summed E-state index contributed by atoms with van der Waals surface area (Å²) in [4.78, 5) is 16.4. The molecule has 6 heteroatoms. The SMILES string of the molecule is NCc1nc(C(=O)NC2CCc3c(Cl)cccc32)cs1. The topological polar surface area (TPSA) is 68.0 Å². The molecule has 1 heterocycles. The van der Waals surface area contributed by atoms with E-state index in [0.717, 1.165) is 34.0 Å². The summed E-state index contributed by atoms with van der Waals surface area (Å²) in [6, 6.07) is 5.84. The molecule has 0 saturated heterocycles. The Hall–Kier alpha value is -1.43. The second-order valence-electron chi connectivity index (χ2n) is 4.70. The van der Waals surface area contributed by atoms with Crippen molar-refractivity contribution in [3.05, 3.63) is 50.4 Å². The van der Waals surface area contributed by atoms with Crippen LogP contribution in [-0.2, 0) is 13.0 Å². The van der Waals surface area contributed by atoms with E-state index in [1.807, 2.05) is 18.2 Å². The van der Waals surface area contributed by atoms with Crippen LogP contribution in [0.4, 0.5) is 0 Å². The Kier molecular flexibility index (Phi) is 3.74.